The van der Waals surface area contributed by atoms with Gasteiger partial charge in [0.2, 0.25) is 5.95 Å². The molecule has 0 saturated carbocycles. The number of piperazine rings is 1. The van der Waals surface area contributed by atoms with Crippen molar-refractivity contribution in [2.75, 3.05) is 79.0 Å². The first-order valence-corrected chi connectivity index (χ1v) is 19.0. The van der Waals surface area contributed by atoms with E-state index >= 15 is 0 Å². The van der Waals surface area contributed by atoms with Gasteiger partial charge in [0, 0.05) is 64.8 Å². The molecule has 0 aliphatic carbocycles. The number of halogens is 2. The second kappa shape index (κ2) is 16.7. The molecule has 1 atom stereocenters. The highest BCUT2D eigenvalue weighted by Gasteiger charge is 2.27. The Balaban J connectivity index is 0.977. The summed E-state index contributed by atoms with van der Waals surface area (Å²) in [5, 5.41) is 7.37. The quantitative estimate of drug-likeness (QED) is 0.166. The first kappa shape index (κ1) is 35.7. The molecular formula is C36H42Cl2N8O3S. The summed E-state index contributed by atoms with van der Waals surface area (Å²) < 4.78 is 19.3. The van der Waals surface area contributed by atoms with Gasteiger partial charge in [-0.15, -0.1) is 0 Å². The van der Waals surface area contributed by atoms with Crippen LogP contribution in [0.15, 0.2) is 79.0 Å². The molecule has 2 saturated heterocycles. The van der Waals surface area contributed by atoms with Crippen LogP contribution in [0.2, 0.25) is 10.0 Å². The van der Waals surface area contributed by atoms with Crippen molar-refractivity contribution in [1.29, 1.82) is 0 Å². The second-order valence-corrected chi connectivity index (χ2v) is 14.7. The fourth-order valence-electron chi connectivity index (χ4n) is 6.22. The molecule has 2 fully saturated rings. The van der Waals surface area contributed by atoms with E-state index in [4.69, 9.17) is 27.9 Å². The van der Waals surface area contributed by atoms with E-state index in [1.807, 2.05) is 71.6 Å². The number of hydrogen-bond donors (Lipinski definition) is 2. The molecule has 1 aromatic heterocycles. The monoisotopic (exact) mass is 736 g/mol. The molecule has 14 heteroatoms. The molecule has 6 rings (SSSR count). The molecule has 2 aliphatic heterocycles. The summed E-state index contributed by atoms with van der Waals surface area (Å²) in [6, 6.07) is 23.3. The van der Waals surface area contributed by atoms with E-state index < -0.39 is 11.0 Å². The highest BCUT2D eigenvalue weighted by Crippen LogP contribution is 2.33. The van der Waals surface area contributed by atoms with Crippen molar-refractivity contribution in [3.05, 3.63) is 94.6 Å². The van der Waals surface area contributed by atoms with Gasteiger partial charge in [-0.2, -0.15) is 4.98 Å². The molecule has 1 amide bonds. The summed E-state index contributed by atoms with van der Waals surface area (Å²) in [4.78, 5) is 28.2. The van der Waals surface area contributed by atoms with Gasteiger partial charge >= 0.3 is 6.09 Å². The predicted molar refractivity (Wildman–Crippen MR) is 204 cm³/mol. The van der Waals surface area contributed by atoms with Crippen LogP contribution in [0.25, 0.3) is 0 Å². The van der Waals surface area contributed by atoms with Gasteiger partial charge in [0.15, 0.2) is 5.82 Å². The number of benzene rings is 3. The predicted octanol–water partition coefficient (Wildman–Crippen LogP) is 7.17. The number of para-hydroxylation sites is 2. The number of nitrogens with zero attached hydrogens (tertiary/aromatic N) is 6. The zero-order chi connectivity index (χ0) is 35.0. The number of nitrogens with one attached hydrogen (secondary N) is 2. The molecular weight excluding hydrogens is 695 g/mol. The fraction of sp³-hybridized carbons (Fsp3) is 0.361. The fourth-order valence-corrected chi connectivity index (χ4v) is 7.02. The van der Waals surface area contributed by atoms with Crippen LogP contribution in [0.5, 0.6) is 0 Å². The number of amides is 1. The van der Waals surface area contributed by atoms with E-state index in [2.05, 4.69) is 36.5 Å². The number of hydrogen-bond acceptors (Lipinski definition) is 9. The molecule has 11 nitrogen and oxygen atoms in total. The van der Waals surface area contributed by atoms with E-state index in [-0.39, 0.29) is 6.09 Å². The maximum atomic E-state index is 12.6. The lowest BCUT2D eigenvalue weighted by molar-refractivity contribution is 0.0768. The van der Waals surface area contributed by atoms with Gasteiger partial charge in [0.1, 0.15) is 22.6 Å². The molecule has 264 valence electrons. The van der Waals surface area contributed by atoms with Crippen LogP contribution in [-0.2, 0) is 22.3 Å². The molecule has 0 radical (unpaired) electrons. The van der Waals surface area contributed by atoms with Crippen molar-refractivity contribution < 1.29 is 13.7 Å². The molecule has 1 unspecified atom stereocenters. The zero-order valence-electron chi connectivity index (χ0n) is 28.2. The van der Waals surface area contributed by atoms with Gasteiger partial charge in [0.25, 0.3) is 0 Å². The third kappa shape index (κ3) is 9.16. The third-order valence-corrected chi connectivity index (χ3v) is 10.7. The maximum Gasteiger partial charge on any atom is 0.410 e. The Morgan fingerprint density at radius 3 is 2.36 bits per heavy atom. The van der Waals surface area contributed by atoms with Crippen LogP contribution in [0.4, 0.5) is 39.3 Å². The van der Waals surface area contributed by atoms with E-state index in [0.29, 0.717) is 45.7 Å². The molecule has 2 N–H and O–H groups in total. The number of likely N-dealkylation sites (tertiary alicyclic amines) is 1. The van der Waals surface area contributed by atoms with Crippen molar-refractivity contribution in [2.45, 2.75) is 19.4 Å². The summed E-state index contributed by atoms with van der Waals surface area (Å²) >= 11 is 13.2. The standard InChI is InChI=1S/C36H42Cl2N8O3S/c1-43(50(2)48)33-11-7-6-10-32(33)40-34-30(38)23-39-35(42-34)41-31-13-12-28(22-29(31)37)45-20-18-44(19-21-45)24-26-14-16-46(17-15-26)36(47)49-25-27-8-4-3-5-9-27/h3-13,22-23,26H,14-21,24-25H2,1-2H3,(H2,39,40,41,42). The van der Waals surface area contributed by atoms with Gasteiger partial charge < -0.3 is 25.2 Å². The first-order valence-electron chi connectivity index (χ1n) is 16.7. The zero-order valence-corrected chi connectivity index (χ0v) is 30.6. The topological polar surface area (TPSA) is 106 Å². The van der Waals surface area contributed by atoms with Crippen molar-refractivity contribution in [1.82, 2.24) is 19.8 Å². The van der Waals surface area contributed by atoms with Crippen LogP contribution in [-0.4, -0.2) is 89.2 Å². The summed E-state index contributed by atoms with van der Waals surface area (Å²) in [5.41, 5.74) is 4.20. The number of carbonyl (C=O) groups excluding carboxylic acids is 1. The highest BCUT2D eigenvalue weighted by atomic mass is 35.5. The van der Waals surface area contributed by atoms with E-state index in [1.165, 1.54) is 6.20 Å². The maximum absolute atomic E-state index is 12.6. The minimum atomic E-state index is -1.20. The molecule has 4 aromatic rings. The average Bonchev–Trinajstić information content (AvgIpc) is 3.14. The van der Waals surface area contributed by atoms with E-state index in [9.17, 15) is 9.00 Å². The van der Waals surface area contributed by atoms with Gasteiger partial charge in [0.05, 0.1) is 28.3 Å². The molecule has 3 heterocycles. The van der Waals surface area contributed by atoms with Crippen LogP contribution >= 0.6 is 23.2 Å². The van der Waals surface area contributed by atoms with Gasteiger partial charge in [-0.1, -0.05) is 65.7 Å². The lowest BCUT2D eigenvalue weighted by Crippen LogP contribution is -2.49. The minimum absolute atomic E-state index is 0.221. The van der Waals surface area contributed by atoms with Crippen molar-refractivity contribution in [2.24, 2.45) is 5.92 Å². The number of aromatic nitrogens is 2. The van der Waals surface area contributed by atoms with Crippen LogP contribution in [0.1, 0.15) is 18.4 Å². The summed E-state index contributed by atoms with van der Waals surface area (Å²) in [5.74, 6) is 1.31. The molecule has 3 aromatic carbocycles. The molecule has 0 bridgehead atoms. The number of anilines is 6. The third-order valence-electron chi connectivity index (χ3n) is 9.16. The smallest absolute Gasteiger partial charge is 0.410 e. The molecule has 50 heavy (non-hydrogen) atoms. The summed E-state index contributed by atoms with van der Waals surface area (Å²) in [6.07, 6.45) is 4.90. The lowest BCUT2D eigenvalue weighted by atomic mass is 9.96. The Morgan fingerprint density at radius 1 is 0.920 bits per heavy atom. The number of ether oxygens (including phenoxy) is 1. The first-order chi connectivity index (χ1) is 24.2. The summed E-state index contributed by atoms with van der Waals surface area (Å²) in [6.45, 7) is 6.59. The largest absolute Gasteiger partial charge is 0.445 e. The van der Waals surface area contributed by atoms with Gasteiger partial charge in [-0.3, -0.25) is 9.21 Å². The van der Waals surface area contributed by atoms with Gasteiger partial charge in [-0.25, -0.2) is 14.0 Å². The SMILES string of the molecule is CN(c1ccccc1Nc1nc(Nc2ccc(N3CCN(CC4CCN(C(=O)OCc5ccccc5)CC4)CC3)cc2Cl)ncc1Cl)S(C)=O. The Labute approximate surface area is 306 Å². The van der Waals surface area contributed by atoms with Gasteiger partial charge in [-0.05, 0) is 54.7 Å². The van der Waals surface area contributed by atoms with Crippen molar-refractivity contribution in [3.8, 4) is 0 Å². The van der Waals surface area contributed by atoms with Crippen LogP contribution < -0.4 is 19.8 Å². The second-order valence-electron chi connectivity index (χ2n) is 12.5. The minimum Gasteiger partial charge on any atom is -0.445 e. The Bertz CT molecular complexity index is 1790. The lowest BCUT2D eigenvalue weighted by Gasteiger charge is -2.39. The highest BCUT2D eigenvalue weighted by molar-refractivity contribution is 7.85. The van der Waals surface area contributed by atoms with Crippen LogP contribution in [0, 0.1) is 5.92 Å². The van der Waals surface area contributed by atoms with Crippen molar-refractivity contribution in [3.63, 3.8) is 0 Å². The normalized spacial score (nSPS) is 16.2. The number of carbonyl (C=O) groups is 1. The van der Waals surface area contributed by atoms with Crippen molar-refractivity contribution >= 4 is 74.8 Å². The van der Waals surface area contributed by atoms with E-state index in [0.717, 1.165) is 75.6 Å². The van der Waals surface area contributed by atoms with Crippen LogP contribution in [0.3, 0.4) is 0 Å². The number of rotatable bonds is 11. The summed E-state index contributed by atoms with van der Waals surface area (Å²) in [7, 11) is 0.558. The Morgan fingerprint density at radius 2 is 1.64 bits per heavy atom. The average molecular weight is 738 g/mol. The Hall–Kier alpha value is -4.10. The van der Waals surface area contributed by atoms with E-state index in [1.54, 1.807) is 17.6 Å². The Kier molecular flexibility index (Phi) is 12.0. The molecule has 0 spiro atoms. The number of piperidine rings is 1. The molecule has 2 aliphatic rings.